The third-order valence-corrected chi connectivity index (χ3v) is 4.78. The molecule has 116 valence electrons. The van der Waals surface area contributed by atoms with Gasteiger partial charge in [-0.15, -0.1) is 0 Å². The lowest BCUT2D eigenvalue weighted by atomic mass is 10.0. The third-order valence-electron chi connectivity index (χ3n) is 4.25. The van der Waals surface area contributed by atoms with Gasteiger partial charge >= 0.3 is 0 Å². The molecular weight excluding hydrogens is 328 g/mol. The number of halogens is 1. The minimum Gasteiger partial charge on any atom is -0.317 e. The lowest BCUT2D eigenvalue weighted by molar-refractivity contribution is 0.0967. The highest BCUT2D eigenvalue weighted by atomic mass is 79.9. The summed E-state index contributed by atoms with van der Waals surface area (Å²) in [4.78, 5) is 14.7. The van der Waals surface area contributed by atoms with E-state index >= 15 is 0 Å². The van der Waals surface area contributed by atoms with Gasteiger partial charge in [0, 0.05) is 22.5 Å². The van der Waals surface area contributed by atoms with Gasteiger partial charge in [0.2, 0.25) is 0 Å². The molecule has 1 aromatic carbocycles. The zero-order valence-corrected chi connectivity index (χ0v) is 14.4. The molecule has 0 atom stereocenters. The van der Waals surface area contributed by atoms with Crippen LogP contribution in [0.2, 0.25) is 0 Å². The van der Waals surface area contributed by atoms with Crippen LogP contribution in [0.15, 0.2) is 28.7 Å². The molecule has 1 aliphatic rings. The van der Waals surface area contributed by atoms with E-state index < -0.39 is 0 Å². The van der Waals surface area contributed by atoms with Crippen LogP contribution in [0.1, 0.15) is 43.0 Å². The second-order valence-electron chi connectivity index (χ2n) is 5.64. The maximum absolute atomic E-state index is 12.2. The van der Waals surface area contributed by atoms with E-state index in [4.69, 9.17) is 0 Å². The number of rotatable bonds is 7. The van der Waals surface area contributed by atoms with Crippen LogP contribution in [-0.4, -0.2) is 42.9 Å². The van der Waals surface area contributed by atoms with Crippen molar-refractivity contribution in [2.75, 3.05) is 26.2 Å². The van der Waals surface area contributed by atoms with Gasteiger partial charge in [-0.3, -0.25) is 4.79 Å². The highest BCUT2D eigenvalue weighted by Gasteiger charge is 2.19. The minimum absolute atomic E-state index is 0.254. The van der Waals surface area contributed by atoms with Crippen molar-refractivity contribution >= 4 is 21.7 Å². The fourth-order valence-corrected chi connectivity index (χ4v) is 3.26. The van der Waals surface area contributed by atoms with Gasteiger partial charge in [-0.05, 0) is 57.6 Å². The Morgan fingerprint density at radius 3 is 2.57 bits per heavy atom. The molecule has 0 radical (unpaired) electrons. The summed E-state index contributed by atoms with van der Waals surface area (Å²) < 4.78 is 1.02. The number of carbonyl (C=O) groups is 1. The number of nitrogens with one attached hydrogen (secondary N) is 1. The molecule has 0 bridgehead atoms. The van der Waals surface area contributed by atoms with Gasteiger partial charge in [0.15, 0.2) is 5.78 Å². The van der Waals surface area contributed by atoms with Crippen molar-refractivity contribution < 1.29 is 4.79 Å². The zero-order chi connectivity index (χ0) is 15.1. The van der Waals surface area contributed by atoms with Crippen LogP contribution >= 0.6 is 15.9 Å². The molecule has 3 nitrogen and oxygen atoms in total. The van der Waals surface area contributed by atoms with E-state index in [1.807, 2.05) is 24.3 Å². The Morgan fingerprint density at radius 1 is 1.29 bits per heavy atom. The van der Waals surface area contributed by atoms with Crippen LogP contribution in [0.4, 0.5) is 0 Å². The summed E-state index contributed by atoms with van der Waals surface area (Å²) in [5.41, 5.74) is 0.822. The van der Waals surface area contributed by atoms with Crippen LogP contribution in [0.3, 0.4) is 0 Å². The lowest BCUT2D eigenvalue weighted by Crippen LogP contribution is -2.43. The summed E-state index contributed by atoms with van der Waals surface area (Å²) >= 11 is 3.40. The molecule has 0 spiro atoms. The van der Waals surface area contributed by atoms with Crippen molar-refractivity contribution in [1.29, 1.82) is 0 Å². The van der Waals surface area contributed by atoms with E-state index in [1.54, 1.807) is 0 Å². The molecule has 1 N–H and O–H groups in total. The summed E-state index contributed by atoms with van der Waals surface area (Å²) in [7, 11) is 0. The molecule has 1 saturated heterocycles. The highest BCUT2D eigenvalue weighted by Crippen LogP contribution is 2.15. The SMILES string of the molecule is CCN(CCCC(=O)c1ccc(Br)cc1)C1CCNCC1. The molecule has 0 aliphatic carbocycles. The summed E-state index contributed by atoms with van der Waals surface area (Å²) in [6, 6.07) is 8.36. The van der Waals surface area contributed by atoms with Gasteiger partial charge in [0.1, 0.15) is 0 Å². The van der Waals surface area contributed by atoms with Crippen LogP contribution in [0.25, 0.3) is 0 Å². The van der Waals surface area contributed by atoms with Gasteiger partial charge in [-0.1, -0.05) is 35.0 Å². The molecular formula is C17H25BrN2O. The lowest BCUT2D eigenvalue weighted by Gasteiger charge is -2.33. The molecule has 4 heteroatoms. The quantitative estimate of drug-likeness (QED) is 0.762. The topological polar surface area (TPSA) is 32.3 Å². The van der Waals surface area contributed by atoms with Gasteiger partial charge in [-0.25, -0.2) is 0 Å². The molecule has 1 aliphatic heterocycles. The van der Waals surface area contributed by atoms with E-state index in [-0.39, 0.29) is 5.78 Å². The predicted octanol–water partition coefficient (Wildman–Crippen LogP) is 3.49. The number of hydrogen-bond acceptors (Lipinski definition) is 3. The van der Waals surface area contributed by atoms with E-state index in [0.29, 0.717) is 12.5 Å². The number of ketones is 1. The van der Waals surface area contributed by atoms with Crippen LogP contribution in [0.5, 0.6) is 0 Å². The van der Waals surface area contributed by atoms with Crippen LogP contribution < -0.4 is 5.32 Å². The first-order chi connectivity index (χ1) is 10.2. The number of Topliss-reactive ketones (excluding diaryl/α,β-unsaturated/α-hetero) is 1. The molecule has 21 heavy (non-hydrogen) atoms. The van der Waals surface area contributed by atoms with Crippen LogP contribution in [-0.2, 0) is 0 Å². The highest BCUT2D eigenvalue weighted by molar-refractivity contribution is 9.10. The Labute approximate surface area is 136 Å². The summed E-state index contributed by atoms with van der Waals surface area (Å²) in [6.07, 6.45) is 4.05. The monoisotopic (exact) mass is 352 g/mol. The predicted molar refractivity (Wildman–Crippen MR) is 90.8 cm³/mol. The Balaban J connectivity index is 1.76. The van der Waals surface area contributed by atoms with E-state index in [1.165, 1.54) is 12.8 Å². The number of hydrogen-bond donors (Lipinski definition) is 1. The molecule has 2 rings (SSSR count). The standard InChI is InChI=1S/C17H25BrN2O/c1-2-20(16-9-11-19-12-10-16)13-3-4-17(21)14-5-7-15(18)8-6-14/h5-8,16,19H,2-4,9-13H2,1H3. The second kappa shape index (κ2) is 8.66. The van der Waals surface area contributed by atoms with E-state index in [0.717, 1.165) is 42.6 Å². The summed E-state index contributed by atoms with van der Waals surface area (Å²) in [6.45, 7) is 6.58. The van der Waals surface area contributed by atoms with Gasteiger partial charge in [0.25, 0.3) is 0 Å². The Morgan fingerprint density at radius 2 is 1.95 bits per heavy atom. The van der Waals surface area contributed by atoms with E-state index in [2.05, 4.69) is 33.1 Å². The molecule has 1 fully saturated rings. The first-order valence-corrected chi connectivity index (χ1v) is 8.73. The molecule has 0 aromatic heterocycles. The van der Waals surface area contributed by atoms with Gasteiger partial charge in [-0.2, -0.15) is 0 Å². The number of benzene rings is 1. The molecule has 1 aromatic rings. The fraction of sp³-hybridized carbons (Fsp3) is 0.588. The first-order valence-electron chi connectivity index (χ1n) is 7.94. The van der Waals surface area contributed by atoms with Crippen molar-refractivity contribution in [3.05, 3.63) is 34.3 Å². The molecule has 1 heterocycles. The van der Waals surface area contributed by atoms with Crippen molar-refractivity contribution in [2.24, 2.45) is 0 Å². The third kappa shape index (κ3) is 5.20. The van der Waals surface area contributed by atoms with Crippen LogP contribution in [0, 0.1) is 0 Å². The summed E-state index contributed by atoms with van der Waals surface area (Å²) in [5, 5.41) is 3.41. The van der Waals surface area contributed by atoms with Crippen molar-refractivity contribution in [3.8, 4) is 0 Å². The largest absolute Gasteiger partial charge is 0.317 e. The first kappa shape index (κ1) is 16.7. The molecule has 0 amide bonds. The number of nitrogens with zero attached hydrogens (tertiary/aromatic N) is 1. The number of piperidine rings is 1. The van der Waals surface area contributed by atoms with E-state index in [9.17, 15) is 4.79 Å². The average Bonchev–Trinajstić information content (AvgIpc) is 2.53. The van der Waals surface area contributed by atoms with Crippen molar-refractivity contribution in [2.45, 2.75) is 38.6 Å². The fourth-order valence-electron chi connectivity index (χ4n) is 2.99. The van der Waals surface area contributed by atoms with Crippen molar-refractivity contribution in [3.63, 3.8) is 0 Å². The zero-order valence-electron chi connectivity index (χ0n) is 12.8. The van der Waals surface area contributed by atoms with Gasteiger partial charge in [0.05, 0.1) is 0 Å². The Kier molecular flexibility index (Phi) is 6.87. The smallest absolute Gasteiger partial charge is 0.162 e. The number of carbonyl (C=O) groups excluding carboxylic acids is 1. The molecule has 0 unspecified atom stereocenters. The average molecular weight is 353 g/mol. The second-order valence-corrected chi connectivity index (χ2v) is 6.56. The minimum atomic E-state index is 0.254. The van der Waals surface area contributed by atoms with Crippen molar-refractivity contribution in [1.82, 2.24) is 10.2 Å². The summed E-state index contributed by atoms with van der Waals surface area (Å²) in [5.74, 6) is 0.254. The maximum atomic E-state index is 12.2. The molecule has 0 saturated carbocycles. The Hall–Kier alpha value is -0.710. The normalized spacial score (nSPS) is 16.3. The maximum Gasteiger partial charge on any atom is 0.162 e. The van der Waals surface area contributed by atoms with Gasteiger partial charge < -0.3 is 10.2 Å². The Bertz CT molecular complexity index is 441.